The fraction of sp³-hybridized carbons (Fsp3) is 0.700. The molecule has 0 aromatic carbocycles. The molecule has 0 bridgehead atoms. The number of carbonyl (C=O) groups is 1. The van der Waals surface area contributed by atoms with E-state index in [1.165, 1.54) is 5.57 Å². The Bertz CT molecular complexity index is 167. The van der Waals surface area contributed by atoms with Crippen LogP contribution in [0.3, 0.4) is 0 Å². The Morgan fingerprint density at radius 1 is 1.50 bits per heavy atom. The Morgan fingerprint density at radius 3 is 2.50 bits per heavy atom. The second-order valence-electron chi connectivity index (χ2n) is 3.55. The lowest BCUT2D eigenvalue weighted by molar-refractivity contribution is -0.137. The van der Waals surface area contributed by atoms with E-state index in [0.29, 0.717) is 5.92 Å². The van der Waals surface area contributed by atoms with Crippen molar-refractivity contribution in [3.63, 3.8) is 0 Å². The maximum atomic E-state index is 10.2. The summed E-state index contributed by atoms with van der Waals surface area (Å²) in [5.41, 5.74) is 1.30. The second kappa shape index (κ2) is 5.81. The van der Waals surface area contributed by atoms with Crippen molar-refractivity contribution in [3.8, 4) is 0 Å². The number of carboxylic acid groups (broad SMARTS) is 1. The lowest BCUT2D eigenvalue weighted by atomic mass is 10.0. The topological polar surface area (TPSA) is 37.3 Å². The summed E-state index contributed by atoms with van der Waals surface area (Å²) < 4.78 is 0. The Morgan fingerprint density at radius 2 is 2.08 bits per heavy atom. The molecule has 0 aromatic rings. The molecule has 0 fully saturated rings. The quantitative estimate of drug-likeness (QED) is 0.644. The van der Waals surface area contributed by atoms with Crippen molar-refractivity contribution in [2.45, 2.75) is 40.0 Å². The van der Waals surface area contributed by atoms with E-state index in [1.54, 1.807) is 0 Å². The van der Waals surface area contributed by atoms with E-state index in [1.807, 2.05) is 0 Å². The maximum absolute atomic E-state index is 10.2. The number of carboxylic acids is 1. The minimum absolute atomic E-state index is 0.289. The molecule has 0 saturated carbocycles. The Labute approximate surface area is 74.3 Å². The molecule has 12 heavy (non-hydrogen) atoms. The van der Waals surface area contributed by atoms with Gasteiger partial charge in [-0.05, 0) is 32.6 Å². The second-order valence-corrected chi connectivity index (χ2v) is 3.55. The van der Waals surface area contributed by atoms with Crippen LogP contribution < -0.4 is 0 Å². The van der Waals surface area contributed by atoms with Gasteiger partial charge in [-0.2, -0.15) is 0 Å². The van der Waals surface area contributed by atoms with Crippen molar-refractivity contribution in [1.82, 2.24) is 0 Å². The summed E-state index contributed by atoms with van der Waals surface area (Å²) in [6.45, 7) is 6.20. The summed E-state index contributed by atoms with van der Waals surface area (Å²) in [5.74, 6) is -0.213. The van der Waals surface area contributed by atoms with Crippen LogP contribution in [0.1, 0.15) is 40.0 Å². The van der Waals surface area contributed by atoms with Gasteiger partial charge >= 0.3 is 5.97 Å². The molecule has 0 rings (SSSR count). The van der Waals surface area contributed by atoms with E-state index in [2.05, 4.69) is 26.8 Å². The molecule has 0 heterocycles. The predicted octanol–water partition coefficient (Wildman–Crippen LogP) is 2.84. The van der Waals surface area contributed by atoms with Gasteiger partial charge in [0.15, 0.2) is 0 Å². The number of allylic oxidation sites excluding steroid dienone is 2. The normalized spacial score (nSPS) is 12.2. The molecule has 0 aromatic heterocycles. The molecule has 0 saturated heterocycles. The van der Waals surface area contributed by atoms with E-state index >= 15 is 0 Å². The van der Waals surface area contributed by atoms with Gasteiger partial charge in [0.05, 0.1) is 0 Å². The zero-order chi connectivity index (χ0) is 9.56. The molecule has 2 heteroatoms. The standard InChI is InChI=1S/C10H18O2/c1-8(2)4-5-9(3)6-7-10(11)12/h4,9H,5-7H2,1-3H3,(H,11,12). The van der Waals surface area contributed by atoms with Gasteiger partial charge in [-0.25, -0.2) is 0 Å². The van der Waals surface area contributed by atoms with Crippen LogP contribution >= 0.6 is 0 Å². The van der Waals surface area contributed by atoms with Crippen molar-refractivity contribution in [3.05, 3.63) is 11.6 Å². The summed E-state index contributed by atoms with van der Waals surface area (Å²) >= 11 is 0. The lowest BCUT2D eigenvalue weighted by Crippen LogP contribution is -2.00. The molecule has 1 unspecified atom stereocenters. The molecular weight excluding hydrogens is 152 g/mol. The first-order valence-electron chi connectivity index (χ1n) is 4.37. The maximum Gasteiger partial charge on any atom is 0.303 e. The van der Waals surface area contributed by atoms with Crippen molar-refractivity contribution >= 4 is 5.97 Å². The van der Waals surface area contributed by atoms with Crippen LogP contribution in [0.25, 0.3) is 0 Å². The molecule has 0 aliphatic heterocycles. The Balaban J connectivity index is 3.53. The van der Waals surface area contributed by atoms with Gasteiger partial charge in [0.1, 0.15) is 0 Å². The fourth-order valence-electron chi connectivity index (χ4n) is 0.925. The van der Waals surface area contributed by atoms with Gasteiger partial charge < -0.3 is 5.11 Å². The summed E-state index contributed by atoms with van der Waals surface area (Å²) in [4.78, 5) is 10.2. The molecule has 70 valence electrons. The van der Waals surface area contributed by atoms with Gasteiger partial charge in [0, 0.05) is 6.42 Å². The summed E-state index contributed by atoms with van der Waals surface area (Å²) in [6, 6.07) is 0. The number of rotatable bonds is 5. The predicted molar refractivity (Wildman–Crippen MR) is 50.1 cm³/mol. The summed E-state index contributed by atoms with van der Waals surface area (Å²) in [5, 5.41) is 8.42. The first-order chi connectivity index (χ1) is 5.52. The third kappa shape index (κ3) is 7.32. The molecule has 0 aliphatic rings. The number of aliphatic carboxylic acids is 1. The lowest BCUT2D eigenvalue weighted by Gasteiger charge is -2.05. The summed E-state index contributed by atoms with van der Waals surface area (Å²) in [7, 11) is 0. The van der Waals surface area contributed by atoms with E-state index in [0.717, 1.165) is 12.8 Å². The van der Waals surface area contributed by atoms with Gasteiger partial charge in [0.25, 0.3) is 0 Å². The number of hydrogen-bond donors (Lipinski definition) is 1. The highest BCUT2D eigenvalue weighted by Gasteiger charge is 2.03. The molecule has 0 radical (unpaired) electrons. The largest absolute Gasteiger partial charge is 0.481 e. The third-order valence-electron chi connectivity index (χ3n) is 1.78. The molecule has 0 spiro atoms. The van der Waals surface area contributed by atoms with Crippen LogP contribution in [-0.2, 0) is 4.79 Å². The van der Waals surface area contributed by atoms with E-state index in [-0.39, 0.29) is 6.42 Å². The first kappa shape index (κ1) is 11.2. The molecule has 0 aliphatic carbocycles. The fourth-order valence-corrected chi connectivity index (χ4v) is 0.925. The molecule has 2 nitrogen and oxygen atoms in total. The minimum Gasteiger partial charge on any atom is -0.481 e. The van der Waals surface area contributed by atoms with E-state index in [4.69, 9.17) is 5.11 Å². The highest BCUT2D eigenvalue weighted by atomic mass is 16.4. The molecule has 1 atom stereocenters. The van der Waals surface area contributed by atoms with Crippen molar-refractivity contribution in [2.75, 3.05) is 0 Å². The van der Waals surface area contributed by atoms with Crippen molar-refractivity contribution in [2.24, 2.45) is 5.92 Å². The van der Waals surface area contributed by atoms with Crippen LogP contribution in [-0.4, -0.2) is 11.1 Å². The molecule has 1 N–H and O–H groups in total. The van der Waals surface area contributed by atoms with Crippen LogP contribution in [0.15, 0.2) is 11.6 Å². The van der Waals surface area contributed by atoms with Gasteiger partial charge in [-0.1, -0.05) is 18.6 Å². The summed E-state index contributed by atoms with van der Waals surface area (Å²) in [6.07, 6.45) is 4.22. The monoisotopic (exact) mass is 170 g/mol. The van der Waals surface area contributed by atoms with Crippen LogP contribution in [0, 0.1) is 5.92 Å². The molecular formula is C10H18O2. The highest BCUT2D eigenvalue weighted by molar-refractivity contribution is 5.66. The van der Waals surface area contributed by atoms with Gasteiger partial charge in [0.2, 0.25) is 0 Å². The minimum atomic E-state index is -0.695. The van der Waals surface area contributed by atoms with E-state index in [9.17, 15) is 4.79 Å². The molecule has 0 amide bonds. The Hall–Kier alpha value is -0.790. The highest BCUT2D eigenvalue weighted by Crippen LogP contribution is 2.11. The third-order valence-corrected chi connectivity index (χ3v) is 1.78. The van der Waals surface area contributed by atoms with Crippen LogP contribution in [0.2, 0.25) is 0 Å². The first-order valence-corrected chi connectivity index (χ1v) is 4.37. The van der Waals surface area contributed by atoms with Crippen molar-refractivity contribution < 1.29 is 9.90 Å². The van der Waals surface area contributed by atoms with E-state index < -0.39 is 5.97 Å². The van der Waals surface area contributed by atoms with Gasteiger partial charge in [-0.3, -0.25) is 4.79 Å². The smallest absolute Gasteiger partial charge is 0.303 e. The zero-order valence-electron chi connectivity index (χ0n) is 8.13. The van der Waals surface area contributed by atoms with Crippen LogP contribution in [0.4, 0.5) is 0 Å². The zero-order valence-corrected chi connectivity index (χ0v) is 8.13. The van der Waals surface area contributed by atoms with Crippen LogP contribution in [0.5, 0.6) is 0 Å². The average molecular weight is 170 g/mol. The van der Waals surface area contributed by atoms with Crippen molar-refractivity contribution in [1.29, 1.82) is 0 Å². The SMILES string of the molecule is CC(C)=CCC(C)CCC(=O)O. The Kier molecular flexibility index (Phi) is 5.43. The average Bonchev–Trinajstić information content (AvgIpc) is 1.96. The van der Waals surface area contributed by atoms with Gasteiger partial charge in [-0.15, -0.1) is 0 Å². The number of hydrogen-bond acceptors (Lipinski definition) is 1.